The van der Waals surface area contributed by atoms with Gasteiger partial charge in [0.1, 0.15) is 24.9 Å². The van der Waals surface area contributed by atoms with E-state index >= 15 is 0 Å². The summed E-state index contributed by atoms with van der Waals surface area (Å²) in [5.74, 6) is -3.38. The van der Waals surface area contributed by atoms with Crippen LogP contribution in [0.3, 0.4) is 0 Å². The Hall–Kier alpha value is -3.55. The molecule has 1 aliphatic heterocycles. The molecule has 2 heterocycles. The first-order valence-corrected chi connectivity index (χ1v) is 9.41. The Morgan fingerprint density at radius 3 is 2.06 bits per heavy atom. The van der Waals surface area contributed by atoms with Gasteiger partial charge in [0.2, 0.25) is 12.1 Å². The first-order valence-electron chi connectivity index (χ1n) is 9.41. The van der Waals surface area contributed by atoms with Gasteiger partial charge in [-0.2, -0.15) is 0 Å². The summed E-state index contributed by atoms with van der Waals surface area (Å²) in [6.07, 6.45) is -4.26. The minimum Gasteiger partial charge on any atom is -0.463 e. The van der Waals surface area contributed by atoms with Crippen LogP contribution in [-0.2, 0) is 42.9 Å². The summed E-state index contributed by atoms with van der Waals surface area (Å²) >= 11 is 0. The number of ether oxygens (including phenoxy) is 5. The molecule has 0 amide bonds. The largest absolute Gasteiger partial charge is 0.463 e. The lowest BCUT2D eigenvalue weighted by atomic mass is 9.95. The molecule has 5 atom stereocenters. The van der Waals surface area contributed by atoms with E-state index in [0.717, 1.165) is 33.9 Å². The summed E-state index contributed by atoms with van der Waals surface area (Å²) in [5, 5.41) is 11.2. The van der Waals surface area contributed by atoms with Gasteiger partial charge < -0.3 is 33.8 Å². The fourth-order valence-electron chi connectivity index (χ4n) is 3.30. The fraction of sp³-hybridized carbons (Fsp3) is 0.611. The summed E-state index contributed by atoms with van der Waals surface area (Å²) in [5.41, 5.74) is 0. The van der Waals surface area contributed by atoms with Crippen LogP contribution in [0.4, 0.5) is 5.82 Å². The van der Waals surface area contributed by atoms with Crippen LogP contribution in [0, 0.1) is 17.0 Å². The van der Waals surface area contributed by atoms with Crippen molar-refractivity contribution in [2.45, 2.75) is 65.3 Å². The second kappa shape index (κ2) is 10.2. The molecule has 32 heavy (non-hydrogen) atoms. The van der Waals surface area contributed by atoms with Crippen molar-refractivity contribution in [3.8, 4) is 0 Å². The molecule has 1 fully saturated rings. The molecule has 14 heteroatoms. The summed E-state index contributed by atoms with van der Waals surface area (Å²) in [6.45, 7) is 5.47. The van der Waals surface area contributed by atoms with Gasteiger partial charge in [0.15, 0.2) is 12.2 Å². The number of carbonyl (C=O) groups is 4. The second-order valence-electron chi connectivity index (χ2n) is 6.90. The molecular weight excluding hydrogens is 434 g/mol. The van der Waals surface area contributed by atoms with Gasteiger partial charge in [-0.3, -0.25) is 23.7 Å². The van der Waals surface area contributed by atoms with Gasteiger partial charge in [-0.1, -0.05) is 0 Å². The molecule has 0 radical (unpaired) electrons. The average molecular weight is 457 g/mol. The van der Waals surface area contributed by atoms with Gasteiger partial charge in [0.25, 0.3) is 0 Å². The van der Waals surface area contributed by atoms with Crippen LogP contribution in [0.5, 0.6) is 0 Å². The van der Waals surface area contributed by atoms with E-state index < -0.39 is 71.9 Å². The van der Waals surface area contributed by atoms with Crippen molar-refractivity contribution in [3.05, 3.63) is 22.1 Å². The molecule has 1 aliphatic rings. The fourth-order valence-corrected chi connectivity index (χ4v) is 3.30. The van der Waals surface area contributed by atoms with Crippen LogP contribution < -0.4 is 0 Å². The van der Waals surface area contributed by atoms with E-state index in [4.69, 9.17) is 23.7 Å². The number of nitrogens with zero attached hydrogens (tertiary/aromatic N) is 3. The Balaban J connectivity index is 2.62. The monoisotopic (exact) mass is 457 g/mol. The molecule has 1 aromatic rings. The summed E-state index contributed by atoms with van der Waals surface area (Å²) in [4.78, 5) is 61.0. The highest BCUT2D eigenvalue weighted by molar-refractivity contribution is 5.68. The maximum absolute atomic E-state index is 11.9. The van der Waals surface area contributed by atoms with Gasteiger partial charge >= 0.3 is 29.7 Å². The molecule has 1 aromatic heterocycles. The van der Waals surface area contributed by atoms with Crippen molar-refractivity contribution < 1.29 is 47.8 Å². The zero-order valence-electron chi connectivity index (χ0n) is 18.0. The van der Waals surface area contributed by atoms with Crippen LogP contribution in [0.15, 0.2) is 6.20 Å². The number of carbonyl (C=O) groups excluding carboxylic acids is 4. The standard InChI is InChI=1S/C18H23N3O11/c1-8-19-14(21(26)27)6-20(8)15-17(30-11(4)24)16(29-10(3)23)13(7-28-9(2)22)32-18(15)31-12(5)25/h6,13,15-18H,7H2,1-5H3/t13-,15-,16-,17-,18-/m1/s1. The van der Waals surface area contributed by atoms with Gasteiger partial charge in [-0.05, 0) is 9.91 Å². The highest BCUT2D eigenvalue weighted by atomic mass is 16.7. The molecule has 2 rings (SSSR count). The van der Waals surface area contributed by atoms with Crippen molar-refractivity contribution in [2.75, 3.05) is 6.61 Å². The van der Waals surface area contributed by atoms with Crippen molar-refractivity contribution in [3.63, 3.8) is 0 Å². The Bertz CT molecular complexity index is 912. The number of hydrogen-bond donors (Lipinski definition) is 0. The number of rotatable bonds is 7. The number of esters is 4. The second-order valence-corrected chi connectivity index (χ2v) is 6.90. The Labute approximate surface area is 181 Å². The normalized spacial score (nSPS) is 24.8. The van der Waals surface area contributed by atoms with Crippen LogP contribution in [0.25, 0.3) is 0 Å². The van der Waals surface area contributed by atoms with Crippen molar-refractivity contribution >= 4 is 29.7 Å². The van der Waals surface area contributed by atoms with Crippen LogP contribution in [-0.4, -0.2) is 69.6 Å². The summed E-state index contributed by atoms with van der Waals surface area (Å²) in [6, 6.07) is -1.22. The molecule has 0 aromatic carbocycles. The maximum Gasteiger partial charge on any atom is 0.381 e. The lowest BCUT2D eigenvalue weighted by Crippen LogP contribution is -2.59. The molecule has 0 N–H and O–H groups in total. The number of hydrogen-bond acceptors (Lipinski definition) is 12. The molecule has 0 saturated carbocycles. The zero-order valence-corrected chi connectivity index (χ0v) is 18.0. The van der Waals surface area contributed by atoms with Crippen LogP contribution >= 0.6 is 0 Å². The van der Waals surface area contributed by atoms with Crippen LogP contribution in [0.2, 0.25) is 0 Å². The quantitative estimate of drug-likeness (QED) is 0.238. The lowest BCUT2D eigenvalue weighted by molar-refractivity contribution is -0.389. The minimum atomic E-state index is -1.46. The highest BCUT2D eigenvalue weighted by Crippen LogP contribution is 2.36. The van der Waals surface area contributed by atoms with Crippen molar-refractivity contribution in [1.82, 2.24) is 9.55 Å². The first-order chi connectivity index (χ1) is 14.9. The summed E-state index contributed by atoms with van der Waals surface area (Å²) in [7, 11) is 0. The number of imidazole rings is 1. The van der Waals surface area contributed by atoms with Gasteiger partial charge in [-0.15, -0.1) is 0 Å². The zero-order chi connectivity index (χ0) is 24.2. The third kappa shape index (κ3) is 6.00. The molecule has 0 bridgehead atoms. The molecule has 0 spiro atoms. The molecule has 0 unspecified atom stereocenters. The molecule has 14 nitrogen and oxygen atoms in total. The van der Waals surface area contributed by atoms with E-state index in [1.807, 2.05) is 0 Å². The third-order valence-electron chi connectivity index (χ3n) is 4.36. The molecule has 176 valence electrons. The smallest absolute Gasteiger partial charge is 0.381 e. The number of aromatic nitrogens is 2. The van der Waals surface area contributed by atoms with Crippen molar-refractivity contribution in [2.24, 2.45) is 0 Å². The Morgan fingerprint density at radius 1 is 1.03 bits per heavy atom. The Morgan fingerprint density at radius 2 is 1.59 bits per heavy atom. The predicted molar refractivity (Wildman–Crippen MR) is 101 cm³/mol. The summed E-state index contributed by atoms with van der Waals surface area (Å²) < 4.78 is 27.9. The van der Waals surface area contributed by atoms with E-state index in [2.05, 4.69) is 4.98 Å². The highest BCUT2D eigenvalue weighted by Gasteiger charge is 2.53. The van der Waals surface area contributed by atoms with E-state index in [-0.39, 0.29) is 5.82 Å². The number of nitro groups is 1. The third-order valence-corrected chi connectivity index (χ3v) is 4.36. The maximum atomic E-state index is 11.9. The molecule has 1 saturated heterocycles. The number of aryl methyl sites for hydroxylation is 1. The minimum absolute atomic E-state index is 0.111. The Kier molecular flexibility index (Phi) is 7.86. The topological polar surface area (TPSA) is 175 Å². The van der Waals surface area contributed by atoms with E-state index in [1.54, 1.807) is 0 Å². The van der Waals surface area contributed by atoms with Crippen LogP contribution in [0.1, 0.15) is 39.6 Å². The average Bonchev–Trinajstić information content (AvgIpc) is 3.03. The molecule has 0 aliphatic carbocycles. The lowest BCUT2D eigenvalue weighted by Gasteiger charge is -2.44. The van der Waals surface area contributed by atoms with Gasteiger partial charge in [0.05, 0.1) is 0 Å². The van der Waals surface area contributed by atoms with E-state index in [1.165, 1.54) is 11.5 Å². The predicted octanol–water partition coefficient (Wildman–Crippen LogP) is 0.355. The van der Waals surface area contributed by atoms with E-state index in [0.29, 0.717) is 0 Å². The van der Waals surface area contributed by atoms with Gasteiger partial charge in [0, 0.05) is 34.6 Å². The first kappa shape index (κ1) is 24.7. The van der Waals surface area contributed by atoms with E-state index in [9.17, 15) is 29.3 Å². The van der Waals surface area contributed by atoms with Gasteiger partial charge in [-0.25, -0.2) is 0 Å². The van der Waals surface area contributed by atoms with Crippen molar-refractivity contribution in [1.29, 1.82) is 0 Å². The SMILES string of the molecule is CC(=O)OC[C@H]1O[C@@H](OC(C)=O)[C@H](n2cc([N+](=O)[O-])nc2C)[C@@H](OC(C)=O)[C@@H]1OC(C)=O. The molecular formula is C18H23N3O11.